The van der Waals surface area contributed by atoms with Gasteiger partial charge < -0.3 is 10.1 Å². The number of hydrogen-bond donors (Lipinski definition) is 1. The lowest BCUT2D eigenvalue weighted by Crippen LogP contribution is -2.28. The van der Waals surface area contributed by atoms with Crippen molar-refractivity contribution in [2.24, 2.45) is 0 Å². The number of methoxy groups -OCH3 is 1. The second-order valence-corrected chi connectivity index (χ2v) is 8.29. The molecule has 1 N–H and O–H groups in total. The van der Waals surface area contributed by atoms with Gasteiger partial charge in [-0.1, -0.05) is 0 Å². The van der Waals surface area contributed by atoms with Crippen LogP contribution in [0.3, 0.4) is 0 Å². The number of nitrogens with zero attached hydrogens (tertiary/aromatic N) is 1. The van der Waals surface area contributed by atoms with Crippen molar-refractivity contribution in [1.82, 2.24) is 5.32 Å². The minimum absolute atomic E-state index is 0.221. The molecule has 0 unspecified atom stereocenters. The Morgan fingerprint density at radius 2 is 1.73 bits per heavy atom. The lowest BCUT2D eigenvalue weighted by Gasteiger charge is -2.20. The molecule has 0 fully saturated rings. The first-order chi connectivity index (χ1) is 12.4. The van der Waals surface area contributed by atoms with E-state index < -0.39 is 10.0 Å². The van der Waals surface area contributed by atoms with Crippen LogP contribution in [0.2, 0.25) is 0 Å². The van der Waals surface area contributed by atoms with Crippen LogP contribution in [-0.2, 0) is 14.8 Å². The Hall–Kier alpha value is -2.03. The number of carbonyl (C=O) groups excluding carboxylic acids is 1. The first kappa shape index (κ1) is 20.3. The van der Waals surface area contributed by atoms with Crippen molar-refractivity contribution in [1.29, 1.82) is 0 Å². The van der Waals surface area contributed by atoms with Gasteiger partial charge in [0.05, 0.1) is 17.2 Å². The summed E-state index contributed by atoms with van der Waals surface area (Å²) in [6.45, 7) is 0.845. The number of ether oxygens (including phenoxy) is 1. The van der Waals surface area contributed by atoms with E-state index in [4.69, 9.17) is 4.74 Å². The van der Waals surface area contributed by atoms with Crippen molar-refractivity contribution < 1.29 is 17.9 Å². The predicted octanol–water partition coefficient (Wildman–Crippen LogP) is 2.61. The molecule has 0 saturated carbocycles. The third kappa shape index (κ3) is 4.78. The second-order valence-electron chi connectivity index (χ2n) is 5.44. The van der Waals surface area contributed by atoms with E-state index in [-0.39, 0.29) is 10.8 Å². The molecule has 1 amide bonds. The fourth-order valence-corrected chi connectivity index (χ4v) is 3.84. The van der Waals surface area contributed by atoms with E-state index in [1.54, 1.807) is 67.4 Å². The van der Waals surface area contributed by atoms with Gasteiger partial charge in [0.1, 0.15) is 0 Å². The van der Waals surface area contributed by atoms with Gasteiger partial charge >= 0.3 is 0 Å². The zero-order valence-corrected chi connectivity index (χ0v) is 16.6. The summed E-state index contributed by atoms with van der Waals surface area (Å²) in [7, 11) is -0.608. The lowest BCUT2D eigenvalue weighted by molar-refractivity contribution is 0.0937. The monoisotopic (exact) mass is 394 g/mol. The Bertz CT molecular complexity index is 834. The summed E-state index contributed by atoms with van der Waals surface area (Å²) >= 11 is 1.55. The van der Waals surface area contributed by atoms with Crippen LogP contribution in [0.4, 0.5) is 5.69 Å². The lowest BCUT2D eigenvalue weighted by atomic mass is 10.2. The minimum Gasteiger partial charge on any atom is -0.383 e. The quantitative estimate of drug-likeness (QED) is 0.550. The van der Waals surface area contributed by atoms with Crippen LogP contribution in [0.15, 0.2) is 58.3 Å². The number of rotatable bonds is 8. The van der Waals surface area contributed by atoms with E-state index in [0.29, 0.717) is 24.4 Å². The standard InChI is InChI=1S/C18H22N2O4S2/c1-20(26(22,23)17-10-8-16(25-3)9-11-17)15-6-4-14(5-7-15)18(21)19-12-13-24-2/h4-11H,12-13H2,1-3H3,(H,19,21). The first-order valence-electron chi connectivity index (χ1n) is 7.90. The SMILES string of the molecule is COCCNC(=O)c1ccc(N(C)S(=O)(=O)c2ccc(SC)cc2)cc1. The Morgan fingerprint density at radius 1 is 1.12 bits per heavy atom. The van der Waals surface area contributed by atoms with E-state index >= 15 is 0 Å². The van der Waals surface area contributed by atoms with E-state index in [2.05, 4.69) is 5.32 Å². The third-order valence-electron chi connectivity index (χ3n) is 3.80. The molecule has 140 valence electrons. The maximum absolute atomic E-state index is 12.8. The predicted molar refractivity (Wildman–Crippen MR) is 104 cm³/mol. The van der Waals surface area contributed by atoms with Crippen molar-refractivity contribution in [3.63, 3.8) is 0 Å². The van der Waals surface area contributed by atoms with Crippen LogP contribution in [0.5, 0.6) is 0 Å². The highest BCUT2D eigenvalue weighted by atomic mass is 32.2. The number of amides is 1. The van der Waals surface area contributed by atoms with Gasteiger partial charge in [-0.3, -0.25) is 9.10 Å². The maximum Gasteiger partial charge on any atom is 0.264 e. The van der Waals surface area contributed by atoms with Crippen molar-refractivity contribution in [3.8, 4) is 0 Å². The van der Waals surface area contributed by atoms with Crippen molar-refractivity contribution in [2.45, 2.75) is 9.79 Å². The second kappa shape index (κ2) is 9.07. The van der Waals surface area contributed by atoms with Crippen molar-refractivity contribution >= 4 is 33.4 Å². The largest absolute Gasteiger partial charge is 0.383 e. The molecule has 8 heteroatoms. The Labute approximate surface area is 158 Å². The molecule has 0 aromatic heterocycles. The molecule has 2 aromatic carbocycles. The van der Waals surface area contributed by atoms with E-state index in [1.165, 1.54) is 11.4 Å². The average Bonchev–Trinajstić information content (AvgIpc) is 2.67. The van der Waals surface area contributed by atoms with E-state index in [9.17, 15) is 13.2 Å². The molecular formula is C18H22N2O4S2. The molecule has 6 nitrogen and oxygen atoms in total. The Morgan fingerprint density at radius 3 is 2.27 bits per heavy atom. The van der Waals surface area contributed by atoms with Crippen LogP contribution >= 0.6 is 11.8 Å². The van der Waals surface area contributed by atoms with Gasteiger partial charge in [0.15, 0.2) is 0 Å². The number of sulfonamides is 1. The van der Waals surface area contributed by atoms with Gasteiger partial charge in [0.25, 0.3) is 15.9 Å². The highest BCUT2D eigenvalue weighted by molar-refractivity contribution is 7.98. The van der Waals surface area contributed by atoms with Gasteiger partial charge in [-0.05, 0) is 54.8 Å². The van der Waals surface area contributed by atoms with Gasteiger partial charge in [-0.2, -0.15) is 0 Å². The molecule has 2 aromatic rings. The van der Waals surface area contributed by atoms with Gasteiger partial charge in [0, 0.05) is 31.2 Å². The summed E-state index contributed by atoms with van der Waals surface area (Å²) in [4.78, 5) is 13.2. The summed E-state index contributed by atoms with van der Waals surface area (Å²) in [5.41, 5.74) is 0.937. The van der Waals surface area contributed by atoms with Gasteiger partial charge in [-0.15, -0.1) is 11.8 Å². The van der Waals surface area contributed by atoms with Crippen molar-refractivity contribution in [3.05, 3.63) is 54.1 Å². The zero-order valence-electron chi connectivity index (χ0n) is 14.9. The molecular weight excluding hydrogens is 372 g/mol. The number of thioether (sulfide) groups is 1. The molecule has 0 saturated heterocycles. The molecule has 26 heavy (non-hydrogen) atoms. The molecule has 0 atom stereocenters. The first-order valence-corrected chi connectivity index (χ1v) is 10.6. The summed E-state index contributed by atoms with van der Waals surface area (Å²) < 4.78 is 31.6. The summed E-state index contributed by atoms with van der Waals surface area (Å²) in [5, 5.41) is 2.72. The Balaban J connectivity index is 2.15. The fourth-order valence-electron chi connectivity index (χ4n) is 2.24. The van der Waals surface area contributed by atoms with E-state index in [1.807, 2.05) is 6.26 Å². The maximum atomic E-state index is 12.8. The van der Waals surface area contributed by atoms with Crippen LogP contribution < -0.4 is 9.62 Å². The molecule has 0 bridgehead atoms. The number of nitrogens with one attached hydrogen (secondary N) is 1. The Kier molecular flexibility index (Phi) is 7.07. The molecule has 0 aliphatic rings. The molecule has 0 radical (unpaired) electrons. The minimum atomic E-state index is -3.66. The highest BCUT2D eigenvalue weighted by Gasteiger charge is 2.21. The van der Waals surface area contributed by atoms with Crippen molar-refractivity contribution in [2.75, 3.05) is 37.9 Å². The average molecular weight is 395 g/mol. The molecule has 0 heterocycles. The highest BCUT2D eigenvalue weighted by Crippen LogP contribution is 2.24. The molecule has 0 spiro atoms. The van der Waals surface area contributed by atoms with Crippen LogP contribution in [0, 0.1) is 0 Å². The number of anilines is 1. The van der Waals surface area contributed by atoms with Gasteiger partial charge in [-0.25, -0.2) is 8.42 Å². The zero-order chi connectivity index (χ0) is 19.2. The molecule has 0 aliphatic carbocycles. The fraction of sp³-hybridized carbons (Fsp3) is 0.278. The van der Waals surface area contributed by atoms with Crippen LogP contribution in [0.25, 0.3) is 0 Å². The number of carbonyl (C=O) groups is 1. The molecule has 0 aliphatic heterocycles. The smallest absolute Gasteiger partial charge is 0.264 e. The third-order valence-corrected chi connectivity index (χ3v) is 6.35. The van der Waals surface area contributed by atoms with E-state index in [0.717, 1.165) is 4.90 Å². The summed E-state index contributed by atoms with van der Waals surface area (Å²) in [6, 6.07) is 13.2. The topological polar surface area (TPSA) is 75.7 Å². The summed E-state index contributed by atoms with van der Waals surface area (Å²) in [6.07, 6.45) is 1.93. The molecule has 2 rings (SSSR count). The van der Waals surface area contributed by atoms with Crippen LogP contribution in [0.1, 0.15) is 10.4 Å². The number of hydrogen-bond acceptors (Lipinski definition) is 5. The van der Waals surface area contributed by atoms with Gasteiger partial charge in [0.2, 0.25) is 0 Å². The number of benzene rings is 2. The van der Waals surface area contributed by atoms with Crippen LogP contribution in [-0.4, -0.2) is 47.9 Å². The normalized spacial score (nSPS) is 11.2. The summed E-state index contributed by atoms with van der Waals surface area (Å²) in [5.74, 6) is -0.230.